The minimum atomic E-state index is -0.524. The van der Waals surface area contributed by atoms with Gasteiger partial charge in [0.25, 0.3) is 0 Å². The van der Waals surface area contributed by atoms with Crippen LogP contribution in [0.3, 0.4) is 0 Å². The number of hydrogen-bond donors (Lipinski definition) is 0. The van der Waals surface area contributed by atoms with Crippen molar-refractivity contribution in [2.24, 2.45) is 0 Å². The molecule has 2 nitrogen and oxygen atoms in total. The second-order valence-corrected chi connectivity index (χ2v) is 17.0. The molecule has 0 radical (unpaired) electrons. The topological polar surface area (TPSA) is 6.48 Å². The molecule has 10 aromatic rings. The second kappa shape index (κ2) is 14.8. The van der Waals surface area contributed by atoms with E-state index in [1.54, 1.807) is 0 Å². The molecule has 0 bridgehead atoms. The molecule has 0 amide bonds. The molecule has 300 valence electrons. The maximum Gasteiger partial charge on any atom is 0.0737 e. The van der Waals surface area contributed by atoms with E-state index in [1.165, 1.54) is 77.2 Å². The van der Waals surface area contributed by atoms with E-state index in [2.05, 4.69) is 242 Å². The van der Waals surface area contributed by atoms with Gasteiger partial charge in [0.15, 0.2) is 0 Å². The molecular weight excluding hydrogens is 761 g/mol. The van der Waals surface area contributed by atoms with Crippen LogP contribution in [0, 0.1) is 0 Å². The predicted octanol–water partition coefficient (Wildman–Crippen LogP) is 16.4. The van der Waals surface area contributed by atoms with Crippen molar-refractivity contribution in [2.75, 3.05) is 9.80 Å². The van der Waals surface area contributed by atoms with E-state index < -0.39 is 5.41 Å². The van der Waals surface area contributed by atoms with E-state index in [0.717, 1.165) is 47.0 Å². The minimum absolute atomic E-state index is 0.524. The van der Waals surface area contributed by atoms with Gasteiger partial charge in [-0.05, 0) is 163 Å². The first-order valence-corrected chi connectivity index (χ1v) is 22.4. The summed E-state index contributed by atoms with van der Waals surface area (Å²) in [5.41, 5.74) is 19.7. The Kier molecular flexibility index (Phi) is 8.69. The van der Waals surface area contributed by atoms with E-state index >= 15 is 0 Å². The summed E-state index contributed by atoms with van der Waals surface area (Å²) in [5, 5.41) is 5.02. The Balaban J connectivity index is 1.09. The maximum absolute atomic E-state index is 2.40. The first kappa shape index (κ1) is 37.1. The monoisotopic (exact) mass is 806 g/mol. The van der Waals surface area contributed by atoms with Gasteiger partial charge in [-0.25, -0.2) is 0 Å². The summed E-state index contributed by atoms with van der Waals surface area (Å²) >= 11 is 0. The molecule has 2 aliphatic carbocycles. The third-order valence-corrected chi connectivity index (χ3v) is 13.8. The highest BCUT2D eigenvalue weighted by Gasteiger charge is 2.53. The Hall–Kier alpha value is -7.68. The summed E-state index contributed by atoms with van der Waals surface area (Å²) in [5.74, 6) is 0. The van der Waals surface area contributed by atoms with Gasteiger partial charge in [-0.3, -0.25) is 0 Å². The third kappa shape index (κ3) is 5.64. The van der Waals surface area contributed by atoms with Gasteiger partial charge in [-0.15, -0.1) is 0 Å². The van der Waals surface area contributed by atoms with Crippen molar-refractivity contribution >= 4 is 55.7 Å². The molecule has 0 aliphatic heterocycles. The van der Waals surface area contributed by atoms with E-state index in [4.69, 9.17) is 0 Å². The number of hydrogen-bond acceptors (Lipinski definition) is 2. The molecular formula is C61H46N2. The number of anilines is 6. The quantitative estimate of drug-likeness (QED) is 0.151. The first-order valence-electron chi connectivity index (χ1n) is 22.4. The van der Waals surface area contributed by atoms with Crippen LogP contribution >= 0.6 is 0 Å². The van der Waals surface area contributed by atoms with Crippen molar-refractivity contribution < 1.29 is 0 Å². The maximum atomic E-state index is 2.40. The Morgan fingerprint density at radius 2 is 0.683 bits per heavy atom. The zero-order valence-corrected chi connectivity index (χ0v) is 35.6. The predicted molar refractivity (Wildman–Crippen MR) is 266 cm³/mol. The minimum Gasteiger partial charge on any atom is -0.310 e. The molecule has 2 heteroatoms. The van der Waals surface area contributed by atoms with Gasteiger partial charge in [0, 0.05) is 34.1 Å². The number of nitrogens with zero attached hydrogens (tertiary/aromatic N) is 2. The lowest BCUT2D eigenvalue weighted by molar-refractivity contribution is 0.809. The van der Waals surface area contributed by atoms with Crippen molar-refractivity contribution in [3.8, 4) is 22.3 Å². The van der Waals surface area contributed by atoms with Crippen molar-refractivity contribution in [1.29, 1.82) is 0 Å². The zero-order valence-electron chi connectivity index (χ0n) is 35.6. The van der Waals surface area contributed by atoms with E-state index in [-0.39, 0.29) is 0 Å². The fourth-order valence-electron chi connectivity index (χ4n) is 10.9. The summed E-state index contributed by atoms with van der Waals surface area (Å²) < 4.78 is 0. The molecule has 0 aromatic heterocycles. The van der Waals surface area contributed by atoms with Crippen molar-refractivity contribution in [3.05, 3.63) is 252 Å². The van der Waals surface area contributed by atoms with Gasteiger partial charge < -0.3 is 9.80 Å². The molecule has 2 aliphatic rings. The Morgan fingerprint density at radius 3 is 1.10 bits per heavy atom. The summed E-state index contributed by atoms with van der Waals surface area (Å²) in [6.45, 7) is 4.43. The van der Waals surface area contributed by atoms with Crippen molar-refractivity contribution in [1.82, 2.24) is 0 Å². The molecule has 63 heavy (non-hydrogen) atoms. The number of para-hydroxylation sites is 2. The van der Waals surface area contributed by atoms with Gasteiger partial charge in [-0.2, -0.15) is 0 Å². The molecule has 10 aromatic carbocycles. The standard InChI is InChI=1S/C61H46N2/c1-3-41-23-29-47(30-24-41)62(45-15-7-5-8-16-45)49-33-37-51-43(39-49)27-35-55-56-36-28-44-40-50(63(46-17-9-6-10-18-46)48-31-25-42(4-2)26-32-48)34-38-52(44)60(56)61(59(51)55)57-21-13-11-19-53(57)54-20-12-14-22-58(54)61/h5-40H,3-4H2,1-2H3. The van der Waals surface area contributed by atoms with Gasteiger partial charge >= 0.3 is 0 Å². The molecule has 12 rings (SSSR count). The van der Waals surface area contributed by atoms with E-state index in [1.807, 2.05) is 0 Å². The molecule has 0 N–H and O–H groups in total. The van der Waals surface area contributed by atoms with Gasteiger partial charge in [0.05, 0.1) is 5.41 Å². The van der Waals surface area contributed by atoms with Gasteiger partial charge in [-0.1, -0.05) is 159 Å². The molecule has 0 fully saturated rings. The third-order valence-electron chi connectivity index (χ3n) is 13.8. The van der Waals surface area contributed by atoms with Crippen LogP contribution in [0.4, 0.5) is 34.1 Å². The first-order chi connectivity index (χ1) is 31.1. The Morgan fingerprint density at radius 1 is 0.317 bits per heavy atom. The summed E-state index contributed by atoms with van der Waals surface area (Å²) in [4.78, 5) is 4.78. The van der Waals surface area contributed by atoms with Crippen LogP contribution in [-0.2, 0) is 18.3 Å². The van der Waals surface area contributed by atoms with Crippen LogP contribution in [0.2, 0.25) is 0 Å². The van der Waals surface area contributed by atoms with Gasteiger partial charge in [0.1, 0.15) is 0 Å². The summed E-state index contributed by atoms with van der Waals surface area (Å²) in [7, 11) is 0. The molecule has 0 heterocycles. The zero-order chi connectivity index (χ0) is 42.1. The number of benzene rings is 10. The molecule has 1 spiro atoms. The largest absolute Gasteiger partial charge is 0.310 e. The average molecular weight is 807 g/mol. The number of aryl methyl sites for hydroxylation is 2. The Labute approximate surface area is 370 Å². The van der Waals surface area contributed by atoms with Crippen LogP contribution < -0.4 is 9.80 Å². The lowest BCUT2D eigenvalue weighted by Crippen LogP contribution is -2.26. The van der Waals surface area contributed by atoms with E-state index in [0.29, 0.717) is 0 Å². The number of rotatable bonds is 8. The lowest BCUT2D eigenvalue weighted by Gasteiger charge is -2.33. The summed E-state index contributed by atoms with van der Waals surface area (Å²) in [6.07, 6.45) is 2.03. The molecule has 0 saturated carbocycles. The molecule has 0 atom stereocenters. The fourth-order valence-corrected chi connectivity index (χ4v) is 10.9. The SMILES string of the molecule is CCc1ccc(N(c2ccccc2)c2ccc3c4c(ccc3c2)-c2ccc3cc(N(c5ccccc5)c5ccc(CC)cc5)ccc3c2C42c3ccccc3-c3ccccc32)cc1. The van der Waals surface area contributed by atoms with Crippen molar-refractivity contribution in [2.45, 2.75) is 32.1 Å². The van der Waals surface area contributed by atoms with Crippen LogP contribution in [0.25, 0.3) is 43.8 Å². The van der Waals surface area contributed by atoms with E-state index in [9.17, 15) is 0 Å². The van der Waals surface area contributed by atoms with Crippen molar-refractivity contribution in [3.63, 3.8) is 0 Å². The second-order valence-electron chi connectivity index (χ2n) is 17.0. The average Bonchev–Trinajstić information content (AvgIpc) is 3.83. The lowest BCUT2D eigenvalue weighted by atomic mass is 9.68. The summed E-state index contributed by atoms with van der Waals surface area (Å²) in [6, 6.07) is 81.7. The molecule has 0 unspecified atom stereocenters. The van der Waals surface area contributed by atoms with Gasteiger partial charge in [0.2, 0.25) is 0 Å². The number of fused-ring (bicyclic) bond motifs is 14. The normalized spacial score (nSPS) is 12.9. The van der Waals surface area contributed by atoms with Crippen LogP contribution in [-0.4, -0.2) is 0 Å². The smallest absolute Gasteiger partial charge is 0.0737 e. The molecule has 0 saturated heterocycles. The van der Waals surface area contributed by atoms with Crippen LogP contribution in [0.5, 0.6) is 0 Å². The Bertz CT molecular complexity index is 3120. The highest BCUT2D eigenvalue weighted by atomic mass is 15.1. The highest BCUT2D eigenvalue weighted by molar-refractivity contribution is 6.10. The highest BCUT2D eigenvalue weighted by Crippen LogP contribution is 2.65. The van der Waals surface area contributed by atoms with Crippen LogP contribution in [0.1, 0.15) is 47.2 Å². The fraction of sp³-hybridized carbons (Fsp3) is 0.0820. The van der Waals surface area contributed by atoms with Crippen LogP contribution in [0.15, 0.2) is 218 Å².